The van der Waals surface area contributed by atoms with E-state index in [9.17, 15) is 13.2 Å². The summed E-state index contributed by atoms with van der Waals surface area (Å²) in [5.74, 6) is 0.422. The molecule has 0 saturated carbocycles. The Morgan fingerprint density at radius 3 is 2.47 bits per heavy atom. The molecule has 2 aliphatic heterocycles. The summed E-state index contributed by atoms with van der Waals surface area (Å²) in [5.41, 5.74) is 3.89. The molecule has 9 heteroatoms. The maximum atomic E-state index is 12.3. The molecule has 1 unspecified atom stereocenters. The molecule has 2 aromatic rings. The predicted molar refractivity (Wildman–Crippen MR) is 118 cm³/mol. The molecule has 30 heavy (non-hydrogen) atoms. The van der Waals surface area contributed by atoms with Crippen LogP contribution in [0, 0.1) is 13.8 Å². The number of rotatable bonds is 5. The molecular formula is C21H29N5O3S. The highest BCUT2D eigenvalue weighted by atomic mass is 32.2. The molecule has 4 rings (SSSR count). The van der Waals surface area contributed by atoms with Crippen molar-refractivity contribution in [3.05, 3.63) is 41.7 Å². The first kappa shape index (κ1) is 20.9. The quantitative estimate of drug-likeness (QED) is 0.774. The van der Waals surface area contributed by atoms with Crippen LogP contribution >= 0.6 is 0 Å². The van der Waals surface area contributed by atoms with E-state index in [1.54, 1.807) is 0 Å². The first-order chi connectivity index (χ1) is 14.3. The van der Waals surface area contributed by atoms with Gasteiger partial charge < -0.3 is 10.2 Å². The van der Waals surface area contributed by atoms with Gasteiger partial charge in [0.2, 0.25) is 5.91 Å². The van der Waals surface area contributed by atoms with Gasteiger partial charge in [-0.05, 0) is 32.4 Å². The number of hydrogen-bond donors (Lipinski definition) is 1. The van der Waals surface area contributed by atoms with Crippen LogP contribution in [0.3, 0.4) is 0 Å². The van der Waals surface area contributed by atoms with Crippen LogP contribution in [0.1, 0.15) is 23.9 Å². The summed E-state index contributed by atoms with van der Waals surface area (Å²) in [6.45, 7) is 7.61. The number of nitrogens with one attached hydrogen (secondary N) is 1. The second-order valence-electron chi connectivity index (χ2n) is 8.20. The number of carbonyl (C=O) groups excluding carboxylic acids is 1. The molecule has 3 heterocycles. The number of para-hydroxylation sites is 1. The highest BCUT2D eigenvalue weighted by Crippen LogP contribution is 2.31. The van der Waals surface area contributed by atoms with Crippen LogP contribution in [0.2, 0.25) is 0 Å². The van der Waals surface area contributed by atoms with E-state index in [-0.39, 0.29) is 23.5 Å². The fourth-order valence-corrected chi connectivity index (χ4v) is 6.18. The van der Waals surface area contributed by atoms with Gasteiger partial charge >= 0.3 is 0 Å². The summed E-state index contributed by atoms with van der Waals surface area (Å²) in [6, 6.07) is 9.43. The lowest BCUT2D eigenvalue weighted by Gasteiger charge is -2.36. The minimum atomic E-state index is -2.95. The third-order valence-corrected chi connectivity index (χ3v) is 7.70. The summed E-state index contributed by atoms with van der Waals surface area (Å²) in [7, 11) is -2.95. The molecule has 0 aliphatic carbocycles. The molecule has 2 saturated heterocycles. The lowest BCUT2D eigenvalue weighted by atomic mass is 10.2. The van der Waals surface area contributed by atoms with Crippen LogP contribution in [0.4, 0.5) is 11.4 Å². The minimum Gasteiger partial charge on any atom is -0.366 e. The van der Waals surface area contributed by atoms with Crippen molar-refractivity contribution in [2.75, 3.05) is 54.4 Å². The lowest BCUT2D eigenvalue weighted by Crippen LogP contribution is -2.49. The van der Waals surface area contributed by atoms with Gasteiger partial charge in [-0.3, -0.25) is 14.4 Å². The van der Waals surface area contributed by atoms with Crippen molar-refractivity contribution in [2.45, 2.75) is 26.3 Å². The van der Waals surface area contributed by atoms with Gasteiger partial charge in [0.15, 0.2) is 9.84 Å². The van der Waals surface area contributed by atoms with E-state index in [1.165, 1.54) is 0 Å². The zero-order valence-corrected chi connectivity index (χ0v) is 18.4. The summed E-state index contributed by atoms with van der Waals surface area (Å²) in [6.07, 6.45) is 0.633. The van der Waals surface area contributed by atoms with E-state index in [2.05, 4.69) is 20.2 Å². The minimum absolute atomic E-state index is 0.00252. The maximum Gasteiger partial charge on any atom is 0.238 e. The van der Waals surface area contributed by atoms with Crippen LogP contribution in [0.5, 0.6) is 0 Å². The SMILES string of the molecule is Cc1nn(C2CCS(=O)(=O)C2)c(C)c1N1CCN(CC(=O)Nc2ccccc2)CC1. The Hall–Kier alpha value is -2.39. The van der Waals surface area contributed by atoms with Crippen LogP contribution in [0.25, 0.3) is 0 Å². The number of piperazine rings is 1. The van der Waals surface area contributed by atoms with Crippen molar-refractivity contribution >= 4 is 27.1 Å². The van der Waals surface area contributed by atoms with Crippen molar-refractivity contribution in [1.29, 1.82) is 0 Å². The van der Waals surface area contributed by atoms with E-state index in [4.69, 9.17) is 0 Å². The number of aromatic nitrogens is 2. The third kappa shape index (κ3) is 4.52. The van der Waals surface area contributed by atoms with Gasteiger partial charge in [-0.2, -0.15) is 5.10 Å². The lowest BCUT2D eigenvalue weighted by molar-refractivity contribution is -0.117. The molecule has 1 aromatic carbocycles. The smallest absolute Gasteiger partial charge is 0.238 e. The van der Waals surface area contributed by atoms with E-state index in [1.807, 2.05) is 48.9 Å². The van der Waals surface area contributed by atoms with Gasteiger partial charge in [-0.15, -0.1) is 0 Å². The van der Waals surface area contributed by atoms with Crippen molar-refractivity contribution < 1.29 is 13.2 Å². The predicted octanol–water partition coefficient (Wildman–Crippen LogP) is 1.62. The molecule has 0 spiro atoms. The second kappa shape index (κ2) is 8.39. The monoisotopic (exact) mass is 431 g/mol. The summed E-state index contributed by atoms with van der Waals surface area (Å²) in [4.78, 5) is 16.8. The normalized spacial score (nSPS) is 21.7. The number of carbonyl (C=O) groups is 1. The Bertz CT molecular complexity index is 1010. The Kier molecular flexibility index (Phi) is 5.84. The molecule has 0 bridgehead atoms. The topological polar surface area (TPSA) is 87.5 Å². The van der Waals surface area contributed by atoms with Crippen LogP contribution in [-0.4, -0.2) is 73.2 Å². The zero-order valence-electron chi connectivity index (χ0n) is 17.5. The van der Waals surface area contributed by atoms with E-state index in [0.29, 0.717) is 13.0 Å². The van der Waals surface area contributed by atoms with Gasteiger partial charge in [-0.25, -0.2) is 8.42 Å². The number of benzene rings is 1. The average molecular weight is 432 g/mol. The fourth-order valence-electron chi connectivity index (χ4n) is 4.49. The Labute approximate surface area is 177 Å². The molecule has 2 fully saturated rings. The van der Waals surface area contributed by atoms with E-state index < -0.39 is 9.84 Å². The Morgan fingerprint density at radius 2 is 1.83 bits per heavy atom. The first-order valence-electron chi connectivity index (χ1n) is 10.4. The van der Waals surface area contributed by atoms with Crippen molar-refractivity contribution in [3.63, 3.8) is 0 Å². The number of sulfone groups is 1. The summed E-state index contributed by atoms with van der Waals surface area (Å²) < 4.78 is 25.6. The number of amides is 1. The van der Waals surface area contributed by atoms with Gasteiger partial charge in [0.25, 0.3) is 0 Å². The Morgan fingerprint density at radius 1 is 1.13 bits per heavy atom. The molecular weight excluding hydrogens is 402 g/mol. The van der Waals surface area contributed by atoms with Crippen LogP contribution in [0.15, 0.2) is 30.3 Å². The Balaban J connectivity index is 1.36. The average Bonchev–Trinajstić information content (AvgIpc) is 3.21. The standard InChI is InChI=1S/C21H29N5O3S/c1-16-21(17(2)26(23-16)19-8-13-30(28,29)15-19)25-11-9-24(10-12-25)14-20(27)22-18-6-4-3-5-7-18/h3-7,19H,8-15H2,1-2H3,(H,22,27). The molecule has 0 radical (unpaired) electrons. The van der Waals surface area contributed by atoms with Gasteiger partial charge in [0.05, 0.1) is 41.2 Å². The summed E-state index contributed by atoms with van der Waals surface area (Å²) in [5, 5.41) is 7.61. The van der Waals surface area contributed by atoms with Crippen LogP contribution < -0.4 is 10.2 Å². The molecule has 1 amide bonds. The second-order valence-corrected chi connectivity index (χ2v) is 10.4. The number of aryl methyl sites for hydroxylation is 1. The number of nitrogens with zero attached hydrogens (tertiary/aromatic N) is 4. The highest BCUT2D eigenvalue weighted by Gasteiger charge is 2.32. The first-order valence-corrected chi connectivity index (χ1v) is 12.2. The van der Waals surface area contributed by atoms with Crippen molar-refractivity contribution in [2.24, 2.45) is 0 Å². The molecule has 162 valence electrons. The zero-order chi connectivity index (χ0) is 21.3. The van der Waals surface area contributed by atoms with Crippen LogP contribution in [-0.2, 0) is 14.6 Å². The van der Waals surface area contributed by atoms with E-state index >= 15 is 0 Å². The van der Waals surface area contributed by atoms with Crippen molar-refractivity contribution in [3.8, 4) is 0 Å². The van der Waals surface area contributed by atoms with E-state index in [0.717, 1.165) is 48.9 Å². The largest absolute Gasteiger partial charge is 0.366 e. The number of hydrogen-bond acceptors (Lipinski definition) is 6. The fraction of sp³-hybridized carbons (Fsp3) is 0.524. The van der Waals surface area contributed by atoms with Gasteiger partial charge in [-0.1, -0.05) is 18.2 Å². The number of anilines is 2. The van der Waals surface area contributed by atoms with Crippen molar-refractivity contribution in [1.82, 2.24) is 14.7 Å². The molecule has 8 nitrogen and oxygen atoms in total. The third-order valence-electron chi connectivity index (χ3n) is 5.95. The molecule has 2 aliphatic rings. The van der Waals surface area contributed by atoms with Gasteiger partial charge in [0, 0.05) is 31.9 Å². The molecule has 1 N–H and O–H groups in total. The maximum absolute atomic E-state index is 12.3. The molecule has 1 aromatic heterocycles. The highest BCUT2D eigenvalue weighted by molar-refractivity contribution is 7.91. The summed E-state index contributed by atoms with van der Waals surface area (Å²) >= 11 is 0. The molecule has 1 atom stereocenters. The van der Waals surface area contributed by atoms with Gasteiger partial charge in [0.1, 0.15) is 0 Å².